The molecule has 0 saturated carbocycles. The summed E-state index contributed by atoms with van der Waals surface area (Å²) in [7, 11) is 0. The lowest BCUT2D eigenvalue weighted by Crippen LogP contribution is -2.34. The number of hydrogen-bond donors (Lipinski definition) is 2. The number of aromatic amines is 1. The molecule has 1 aliphatic heterocycles. The standard InChI is InChI=1S/C22H19ClN4O4/c1-13(28)27-18(15-7-9-16(23)10-8-15)11-17(25-27)19-20(29)24-22(31)26(21(19)30)12-14-5-3-2-4-6-14/h2-10,18,30H,11-12H2,1H3,(H,24,29,31)/t18-/m1/s1. The number of H-pyrrole nitrogens is 1. The molecule has 3 aromatic rings. The van der Waals surface area contributed by atoms with Crippen molar-refractivity contribution in [1.29, 1.82) is 0 Å². The maximum atomic E-state index is 12.6. The third kappa shape index (κ3) is 4.02. The molecule has 0 unspecified atom stereocenters. The van der Waals surface area contributed by atoms with Crippen molar-refractivity contribution in [2.45, 2.75) is 25.9 Å². The number of carbonyl (C=O) groups is 1. The molecule has 2 N–H and O–H groups in total. The zero-order valence-electron chi connectivity index (χ0n) is 16.6. The van der Waals surface area contributed by atoms with Crippen LogP contribution in [-0.4, -0.2) is 31.3 Å². The Morgan fingerprint density at radius 1 is 1.16 bits per heavy atom. The van der Waals surface area contributed by atoms with Gasteiger partial charge in [0.1, 0.15) is 5.56 Å². The molecule has 8 nitrogen and oxygen atoms in total. The molecule has 9 heteroatoms. The van der Waals surface area contributed by atoms with Gasteiger partial charge in [-0.25, -0.2) is 9.80 Å². The number of hydrogen-bond acceptors (Lipinski definition) is 5. The van der Waals surface area contributed by atoms with Gasteiger partial charge in [-0.05, 0) is 23.3 Å². The van der Waals surface area contributed by atoms with Crippen molar-refractivity contribution in [1.82, 2.24) is 14.6 Å². The number of aromatic hydroxyl groups is 1. The summed E-state index contributed by atoms with van der Waals surface area (Å²) in [4.78, 5) is 39.4. The number of benzene rings is 2. The largest absolute Gasteiger partial charge is 0.494 e. The van der Waals surface area contributed by atoms with Crippen molar-refractivity contribution >= 4 is 23.2 Å². The molecule has 1 amide bonds. The van der Waals surface area contributed by atoms with Gasteiger partial charge in [-0.3, -0.25) is 19.1 Å². The average molecular weight is 439 g/mol. The minimum absolute atomic E-state index is 0.0690. The van der Waals surface area contributed by atoms with Crippen LogP contribution in [-0.2, 0) is 11.3 Å². The first-order valence-corrected chi connectivity index (χ1v) is 9.96. The predicted octanol–water partition coefficient (Wildman–Crippen LogP) is 2.64. The van der Waals surface area contributed by atoms with Crippen LogP contribution in [0.15, 0.2) is 69.3 Å². The van der Waals surface area contributed by atoms with Crippen molar-refractivity contribution < 1.29 is 9.90 Å². The number of hydrazone groups is 1. The second kappa shape index (κ2) is 8.23. The summed E-state index contributed by atoms with van der Waals surface area (Å²) < 4.78 is 1.07. The third-order valence-corrected chi connectivity index (χ3v) is 5.38. The lowest BCUT2D eigenvalue weighted by atomic mass is 9.99. The summed E-state index contributed by atoms with van der Waals surface area (Å²) in [6.45, 7) is 1.44. The van der Waals surface area contributed by atoms with Crippen LogP contribution in [0, 0.1) is 0 Å². The Hall–Kier alpha value is -3.65. The predicted molar refractivity (Wildman–Crippen MR) is 116 cm³/mol. The summed E-state index contributed by atoms with van der Waals surface area (Å²) in [5.74, 6) is -0.805. The Balaban J connectivity index is 1.76. The molecule has 1 aromatic heterocycles. The lowest BCUT2D eigenvalue weighted by Gasteiger charge is -2.20. The van der Waals surface area contributed by atoms with Gasteiger partial charge < -0.3 is 5.11 Å². The third-order valence-electron chi connectivity index (χ3n) is 5.13. The zero-order chi connectivity index (χ0) is 22.1. The van der Waals surface area contributed by atoms with Crippen LogP contribution in [0.5, 0.6) is 5.88 Å². The van der Waals surface area contributed by atoms with E-state index in [9.17, 15) is 19.5 Å². The smallest absolute Gasteiger partial charge is 0.331 e. The minimum atomic E-state index is -0.759. The fourth-order valence-corrected chi connectivity index (χ4v) is 3.75. The van der Waals surface area contributed by atoms with E-state index in [4.69, 9.17) is 11.6 Å². The number of aromatic nitrogens is 2. The molecular formula is C22H19ClN4O4. The molecule has 0 bridgehead atoms. The first-order valence-electron chi connectivity index (χ1n) is 9.58. The van der Waals surface area contributed by atoms with Gasteiger partial charge in [0.15, 0.2) is 0 Å². The zero-order valence-corrected chi connectivity index (χ0v) is 17.3. The highest BCUT2D eigenvalue weighted by Crippen LogP contribution is 2.34. The van der Waals surface area contributed by atoms with E-state index in [1.54, 1.807) is 36.4 Å². The Kier molecular flexibility index (Phi) is 5.48. The Morgan fingerprint density at radius 3 is 2.48 bits per heavy atom. The number of amides is 1. The van der Waals surface area contributed by atoms with Gasteiger partial charge in [-0.15, -0.1) is 0 Å². The molecule has 0 saturated heterocycles. The molecule has 4 rings (SSSR count). The van der Waals surface area contributed by atoms with Gasteiger partial charge in [-0.2, -0.15) is 5.10 Å². The number of nitrogens with one attached hydrogen (secondary N) is 1. The summed E-state index contributed by atoms with van der Waals surface area (Å²) in [6.07, 6.45) is 0.196. The average Bonchev–Trinajstić information content (AvgIpc) is 3.17. The maximum Gasteiger partial charge on any atom is 0.331 e. The molecule has 0 aliphatic carbocycles. The van der Waals surface area contributed by atoms with Crippen molar-refractivity contribution in [2.24, 2.45) is 5.10 Å². The van der Waals surface area contributed by atoms with Crippen LogP contribution in [0.25, 0.3) is 0 Å². The summed E-state index contributed by atoms with van der Waals surface area (Å²) in [6, 6.07) is 15.6. The highest BCUT2D eigenvalue weighted by atomic mass is 35.5. The fourth-order valence-electron chi connectivity index (χ4n) is 3.63. The van der Waals surface area contributed by atoms with E-state index in [0.29, 0.717) is 5.02 Å². The SMILES string of the molecule is CC(=O)N1N=C(c2c(O)n(Cc3ccccc3)c(=O)[nH]c2=O)C[C@@H]1c1ccc(Cl)cc1. The molecule has 31 heavy (non-hydrogen) atoms. The van der Waals surface area contributed by atoms with E-state index >= 15 is 0 Å². The van der Waals surface area contributed by atoms with Gasteiger partial charge >= 0.3 is 5.69 Å². The van der Waals surface area contributed by atoms with Gasteiger partial charge in [0.2, 0.25) is 11.8 Å². The second-order valence-corrected chi connectivity index (χ2v) is 7.65. The quantitative estimate of drug-likeness (QED) is 0.652. The maximum absolute atomic E-state index is 12.6. The highest BCUT2D eigenvalue weighted by molar-refractivity contribution is 6.30. The first kappa shape index (κ1) is 20.6. The first-order chi connectivity index (χ1) is 14.8. The Bertz CT molecular complexity index is 1280. The van der Waals surface area contributed by atoms with Crippen LogP contribution in [0.3, 0.4) is 0 Å². The number of nitrogens with zero attached hydrogens (tertiary/aromatic N) is 3. The normalized spacial score (nSPS) is 15.7. The van der Waals surface area contributed by atoms with Gasteiger partial charge in [0.25, 0.3) is 5.56 Å². The van der Waals surface area contributed by atoms with Crippen molar-refractivity contribution in [2.75, 3.05) is 0 Å². The van der Waals surface area contributed by atoms with E-state index in [2.05, 4.69) is 10.1 Å². The van der Waals surface area contributed by atoms with Gasteiger partial charge in [0, 0.05) is 18.4 Å². The topological polar surface area (TPSA) is 108 Å². The Labute approximate surface area is 182 Å². The van der Waals surface area contributed by atoms with Crippen LogP contribution >= 0.6 is 11.6 Å². The van der Waals surface area contributed by atoms with E-state index in [-0.39, 0.29) is 30.1 Å². The van der Waals surface area contributed by atoms with Gasteiger partial charge in [0.05, 0.1) is 18.3 Å². The van der Waals surface area contributed by atoms with Crippen LogP contribution in [0.2, 0.25) is 5.02 Å². The monoisotopic (exact) mass is 438 g/mol. The highest BCUT2D eigenvalue weighted by Gasteiger charge is 2.34. The molecule has 158 valence electrons. The van der Waals surface area contributed by atoms with E-state index in [0.717, 1.165) is 15.7 Å². The number of halogens is 1. The minimum Gasteiger partial charge on any atom is -0.494 e. The number of rotatable bonds is 4. The van der Waals surface area contributed by atoms with Gasteiger partial charge in [-0.1, -0.05) is 54.1 Å². The number of carbonyl (C=O) groups excluding carboxylic acids is 1. The van der Waals surface area contributed by atoms with Crippen LogP contribution in [0.1, 0.15) is 36.1 Å². The summed E-state index contributed by atoms with van der Waals surface area (Å²) in [5, 5.41) is 17.0. The molecule has 2 aromatic carbocycles. The molecular weight excluding hydrogens is 420 g/mol. The molecule has 0 fully saturated rings. The Morgan fingerprint density at radius 2 is 1.84 bits per heavy atom. The molecule has 0 spiro atoms. The summed E-state index contributed by atoms with van der Waals surface area (Å²) >= 11 is 5.96. The van der Waals surface area contributed by atoms with Crippen molar-refractivity contribution in [3.63, 3.8) is 0 Å². The molecule has 1 aliphatic rings. The summed E-state index contributed by atoms with van der Waals surface area (Å²) in [5.41, 5.74) is 0.161. The van der Waals surface area contributed by atoms with E-state index in [1.807, 2.05) is 18.2 Å². The van der Waals surface area contributed by atoms with Crippen LogP contribution < -0.4 is 11.2 Å². The van der Waals surface area contributed by atoms with Crippen molar-refractivity contribution in [3.05, 3.63) is 97.1 Å². The molecule has 0 radical (unpaired) electrons. The molecule has 1 atom stereocenters. The lowest BCUT2D eigenvalue weighted by molar-refractivity contribution is -0.130. The molecule has 2 heterocycles. The fraction of sp³-hybridized carbons (Fsp3) is 0.182. The van der Waals surface area contributed by atoms with E-state index < -0.39 is 23.2 Å². The van der Waals surface area contributed by atoms with E-state index in [1.165, 1.54) is 11.9 Å². The second-order valence-electron chi connectivity index (χ2n) is 7.21. The van der Waals surface area contributed by atoms with Crippen LogP contribution in [0.4, 0.5) is 0 Å². The van der Waals surface area contributed by atoms with Crippen molar-refractivity contribution in [3.8, 4) is 5.88 Å².